The molecule has 2 rings (SSSR count). The van der Waals surface area contributed by atoms with E-state index in [4.69, 9.17) is 4.42 Å². The molecular weight excluding hydrogens is 240 g/mol. The number of hydrogen-bond donors (Lipinski definition) is 1. The van der Waals surface area contributed by atoms with Crippen molar-refractivity contribution in [1.29, 1.82) is 0 Å². The Morgan fingerprint density at radius 3 is 2.47 bits per heavy atom. The van der Waals surface area contributed by atoms with Crippen molar-refractivity contribution < 1.29 is 9.21 Å². The van der Waals surface area contributed by atoms with Gasteiger partial charge in [-0.25, -0.2) is 0 Å². The van der Waals surface area contributed by atoms with Crippen molar-refractivity contribution in [2.24, 2.45) is 0 Å². The normalized spacial score (nSPS) is 18.6. The monoisotopic (exact) mass is 264 g/mol. The van der Waals surface area contributed by atoms with Crippen LogP contribution in [0.15, 0.2) is 10.5 Å². The van der Waals surface area contributed by atoms with E-state index in [-0.39, 0.29) is 18.0 Å². The number of nitrogens with zero attached hydrogens (tertiary/aromatic N) is 1. The topological polar surface area (TPSA) is 45.5 Å². The third kappa shape index (κ3) is 3.18. The van der Waals surface area contributed by atoms with E-state index in [0.717, 1.165) is 43.0 Å². The molecule has 0 aliphatic carbocycles. The standard InChI is InChI=1S/C15H24N2O2/c1-10-9-14(13(4)19-10)11(2)16-12(3)15(18)17-7-5-6-8-17/h9,11-12,16H,5-8H2,1-4H3. The van der Waals surface area contributed by atoms with E-state index in [1.807, 2.05) is 31.7 Å². The number of aryl methyl sites for hydroxylation is 2. The minimum Gasteiger partial charge on any atom is -0.466 e. The van der Waals surface area contributed by atoms with Gasteiger partial charge in [-0.2, -0.15) is 0 Å². The van der Waals surface area contributed by atoms with Gasteiger partial charge in [0.05, 0.1) is 6.04 Å². The van der Waals surface area contributed by atoms with Gasteiger partial charge in [0.25, 0.3) is 0 Å². The van der Waals surface area contributed by atoms with Gasteiger partial charge in [0.1, 0.15) is 11.5 Å². The molecule has 0 radical (unpaired) electrons. The molecule has 4 nitrogen and oxygen atoms in total. The van der Waals surface area contributed by atoms with Crippen LogP contribution in [0.1, 0.15) is 49.8 Å². The first-order valence-electron chi connectivity index (χ1n) is 7.11. The molecule has 1 aliphatic rings. The van der Waals surface area contributed by atoms with Crippen LogP contribution in [0.4, 0.5) is 0 Å². The molecule has 4 heteroatoms. The quantitative estimate of drug-likeness (QED) is 0.909. The van der Waals surface area contributed by atoms with Gasteiger partial charge >= 0.3 is 0 Å². The average molecular weight is 264 g/mol. The summed E-state index contributed by atoms with van der Waals surface area (Å²) in [7, 11) is 0. The van der Waals surface area contributed by atoms with Crippen LogP contribution in [0, 0.1) is 13.8 Å². The van der Waals surface area contributed by atoms with Crippen LogP contribution in [-0.2, 0) is 4.79 Å². The van der Waals surface area contributed by atoms with Gasteiger partial charge in [0.2, 0.25) is 5.91 Å². The van der Waals surface area contributed by atoms with E-state index >= 15 is 0 Å². The second kappa shape index (κ2) is 5.78. The number of rotatable bonds is 4. The van der Waals surface area contributed by atoms with Crippen molar-refractivity contribution in [2.45, 2.75) is 52.6 Å². The molecule has 1 amide bonds. The maximum Gasteiger partial charge on any atom is 0.239 e. The fourth-order valence-corrected chi connectivity index (χ4v) is 2.83. The molecule has 0 bridgehead atoms. The predicted molar refractivity (Wildman–Crippen MR) is 75.0 cm³/mol. The molecule has 1 saturated heterocycles. The Bertz CT molecular complexity index is 447. The third-order valence-corrected chi connectivity index (χ3v) is 3.83. The van der Waals surface area contributed by atoms with Crippen LogP contribution >= 0.6 is 0 Å². The number of nitrogens with one attached hydrogen (secondary N) is 1. The van der Waals surface area contributed by atoms with Crippen molar-refractivity contribution in [3.8, 4) is 0 Å². The van der Waals surface area contributed by atoms with Crippen LogP contribution in [0.25, 0.3) is 0 Å². The Kier molecular flexibility index (Phi) is 4.30. The van der Waals surface area contributed by atoms with E-state index in [9.17, 15) is 4.79 Å². The Hall–Kier alpha value is -1.29. The molecule has 1 aromatic rings. The highest BCUT2D eigenvalue weighted by atomic mass is 16.3. The summed E-state index contributed by atoms with van der Waals surface area (Å²) in [6.07, 6.45) is 2.27. The van der Waals surface area contributed by atoms with Crippen molar-refractivity contribution in [3.63, 3.8) is 0 Å². The molecule has 1 N–H and O–H groups in total. The first-order chi connectivity index (χ1) is 8.99. The molecule has 2 atom stereocenters. The van der Waals surface area contributed by atoms with Crippen LogP contribution in [-0.4, -0.2) is 29.9 Å². The predicted octanol–water partition coefficient (Wildman–Crippen LogP) is 2.56. The number of hydrogen-bond acceptors (Lipinski definition) is 3. The molecule has 2 heterocycles. The average Bonchev–Trinajstić information content (AvgIpc) is 2.97. The molecule has 0 aromatic carbocycles. The van der Waals surface area contributed by atoms with Crippen LogP contribution in [0.3, 0.4) is 0 Å². The van der Waals surface area contributed by atoms with Gasteiger partial charge in [-0.05, 0) is 46.6 Å². The molecule has 2 unspecified atom stereocenters. The van der Waals surface area contributed by atoms with Gasteiger partial charge in [-0.15, -0.1) is 0 Å². The lowest BCUT2D eigenvalue weighted by molar-refractivity contribution is -0.132. The second-order valence-corrected chi connectivity index (χ2v) is 5.51. The zero-order valence-electron chi connectivity index (χ0n) is 12.3. The van der Waals surface area contributed by atoms with Crippen LogP contribution < -0.4 is 5.32 Å². The third-order valence-electron chi connectivity index (χ3n) is 3.83. The van der Waals surface area contributed by atoms with Crippen molar-refractivity contribution in [3.05, 3.63) is 23.2 Å². The molecular formula is C15H24N2O2. The lowest BCUT2D eigenvalue weighted by atomic mass is 10.1. The Morgan fingerprint density at radius 2 is 1.95 bits per heavy atom. The van der Waals surface area contributed by atoms with Gasteiger partial charge in [0.15, 0.2) is 0 Å². The van der Waals surface area contributed by atoms with Crippen molar-refractivity contribution >= 4 is 5.91 Å². The van der Waals surface area contributed by atoms with E-state index in [1.54, 1.807) is 0 Å². The Morgan fingerprint density at radius 1 is 1.32 bits per heavy atom. The molecule has 0 spiro atoms. The number of amides is 1. The van der Waals surface area contributed by atoms with Crippen LogP contribution in [0.5, 0.6) is 0 Å². The zero-order valence-corrected chi connectivity index (χ0v) is 12.3. The Balaban J connectivity index is 1.96. The summed E-state index contributed by atoms with van der Waals surface area (Å²) in [6.45, 7) is 9.74. The first kappa shape index (κ1) is 14.1. The number of carbonyl (C=O) groups excluding carboxylic acids is 1. The largest absolute Gasteiger partial charge is 0.466 e. The minimum atomic E-state index is -0.150. The molecule has 19 heavy (non-hydrogen) atoms. The summed E-state index contributed by atoms with van der Waals surface area (Å²) in [5.41, 5.74) is 1.14. The number of furan rings is 1. The summed E-state index contributed by atoms with van der Waals surface area (Å²) < 4.78 is 5.54. The van der Waals surface area contributed by atoms with Gasteiger partial charge in [0, 0.05) is 24.7 Å². The maximum absolute atomic E-state index is 12.2. The summed E-state index contributed by atoms with van der Waals surface area (Å²) in [4.78, 5) is 14.2. The van der Waals surface area contributed by atoms with Gasteiger partial charge in [-0.3, -0.25) is 10.1 Å². The molecule has 0 saturated carbocycles. The highest BCUT2D eigenvalue weighted by molar-refractivity contribution is 5.81. The van der Waals surface area contributed by atoms with E-state index in [0.29, 0.717) is 0 Å². The molecule has 1 fully saturated rings. The van der Waals surface area contributed by atoms with Gasteiger partial charge < -0.3 is 9.32 Å². The number of likely N-dealkylation sites (tertiary alicyclic amines) is 1. The minimum absolute atomic E-state index is 0.124. The fourth-order valence-electron chi connectivity index (χ4n) is 2.83. The summed E-state index contributed by atoms with van der Waals surface area (Å²) in [5.74, 6) is 2.06. The van der Waals surface area contributed by atoms with Crippen molar-refractivity contribution in [1.82, 2.24) is 10.2 Å². The summed E-state index contributed by atoms with van der Waals surface area (Å²) in [6, 6.07) is 2.02. The first-order valence-corrected chi connectivity index (χ1v) is 7.11. The summed E-state index contributed by atoms with van der Waals surface area (Å²) in [5, 5.41) is 3.38. The van der Waals surface area contributed by atoms with Crippen molar-refractivity contribution in [2.75, 3.05) is 13.1 Å². The highest BCUT2D eigenvalue weighted by Crippen LogP contribution is 2.22. The second-order valence-electron chi connectivity index (χ2n) is 5.51. The smallest absolute Gasteiger partial charge is 0.239 e. The molecule has 106 valence electrons. The number of carbonyl (C=O) groups is 1. The lowest BCUT2D eigenvalue weighted by Crippen LogP contribution is -2.44. The van der Waals surface area contributed by atoms with Gasteiger partial charge in [-0.1, -0.05) is 0 Å². The fraction of sp³-hybridized carbons (Fsp3) is 0.667. The molecule has 1 aliphatic heterocycles. The summed E-state index contributed by atoms with van der Waals surface area (Å²) >= 11 is 0. The lowest BCUT2D eigenvalue weighted by Gasteiger charge is -2.24. The van der Waals surface area contributed by atoms with E-state index in [1.165, 1.54) is 0 Å². The van der Waals surface area contributed by atoms with E-state index < -0.39 is 0 Å². The maximum atomic E-state index is 12.2. The Labute approximate surface area is 115 Å². The van der Waals surface area contributed by atoms with Crippen LogP contribution in [0.2, 0.25) is 0 Å². The SMILES string of the molecule is Cc1cc(C(C)NC(C)C(=O)N2CCCC2)c(C)o1. The molecule has 1 aromatic heterocycles. The van der Waals surface area contributed by atoms with E-state index in [2.05, 4.69) is 12.2 Å². The zero-order chi connectivity index (χ0) is 14.0. The highest BCUT2D eigenvalue weighted by Gasteiger charge is 2.25.